The van der Waals surface area contributed by atoms with Crippen molar-refractivity contribution in [2.24, 2.45) is 11.1 Å². The molecular weight excluding hydrogens is 276 g/mol. The molecule has 118 valence electrons. The fourth-order valence-corrected chi connectivity index (χ4v) is 3.54. The van der Waals surface area contributed by atoms with Gasteiger partial charge in [0, 0.05) is 19.3 Å². The lowest BCUT2D eigenvalue weighted by atomic mass is 9.74. The van der Waals surface area contributed by atoms with E-state index in [4.69, 9.17) is 5.73 Å². The first-order chi connectivity index (χ1) is 9.23. The number of rotatable bonds is 6. The van der Waals surface area contributed by atoms with E-state index in [2.05, 4.69) is 13.8 Å². The second kappa shape index (κ2) is 6.89. The van der Waals surface area contributed by atoms with Crippen molar-refractivity contribution >= 4 is 15.7 Å². The molecule has 20 heavy (non-hydrogen) atoms. The van der Waals surface area contributed by atoms with Crippen molar-refractivity contribution in [1.29, 1.82) is 0 Å². The van der Waals surface area contributed by atoms with E-state index in [1.165, 1.54) is 6.26 Å². The average molecular weight is 304 g/mol. The fraction of sp³-hybridized carbons (Fsp3) is 0.929. The summed E-state index contributed by atoms with van der Waals surface area (Å²) in [5.74, 6) is -0.129. The second-order valence-electron chi connectivity index (χ2n) is 6.06. The quantitative estimate of drug-likeness (QED) is 0.799. The number of hydrogen-bond donors (Lipinski definition) is 1. The molecule has 0 aromatic heterocycles. The number of carbonyl (C=O) groups is 1. The number of nitrogens with two attached hydrogens (primary N) is 1. The maximum Gasteiger partial charge on any atom is 0.239 e. The molecule has 0 bridgehead atoms. The first kappa shape index (κ1) is 17.4. The van der Waals surface area contributed by atoms with E-state index in [-0.39, 0.29) is 18.1 Å². The van der Waals surface area contributed by atoms with Crippen molar-refractivity contribution in [2.75, 3.05) is 25.1 Å². The van der Waals surface area contributed by atoms with Gasteiger partial charge in [0.2, 0.25) is 5.91 Å². The molecule has 1 heterocycles. The Morgan fingerprint density at radius 3 is 2.15 bits per heavy atom. The Bertz CT molecular complexity index is 420. The van der Waals surface area contributed by atoms with Crippen LogP contribution in [0, 0.1) is 5.41 Å². The van der Waals surface area contributed by atoms with Crippen LogP contribution in [0.4, 0.5) is 0 Å². The molecule has 1 aliphatic rings. The van der Waals surface area contributed by atoms with Gasteiger partial charge in [-0.2, -0.15) is 0 Å². The maximum atomic E-state index is 12.2. The molecule has 5 nitrogen and oxygen atoms in total. The van der Waals surface area contributed by atoms with Gasteiger partial charge < -0.3 is 10.6 Å². The van der Waals surface area contributed by atoms with Gasteiger partial charge in [0.15, 0.2) is 0 Å². The zero-order valence-electron chi connectivity index (χ0n) is 12.9. The zero-order chi connectivity index (χ0) is 15.4. The van der Waals surface area contributed by atoms with Crippen LogP contribution in [-0.2, 0) is 14.6 Å². The van der Waals surface area contributed by atoms with Crippen LogP contribution < -0.4 is 5.73 Å². The van der Waals surface area contributed by atoms with Crippen LogP contribution in [0.2, 0.25) is 0 Å². The van der Waals surface area contributed by atoms with Gasteiger partial charge in [-0.15, -0.1) is 0 Å². The molecule has 0 spiro atoms. The fourth-order valence-electron chi connectivity index (χ4n) is 2.86. The maximum absolute atomic E-state index is 12.2. The highest BCUT2D eigenvalue weighted by molar-refractivity contribution is 7.90. The van der Waals surface area contributed by atoms with Crippen LogP contribution in [0.25, 0.3) is 0 Å². The minimum Gasteiger partial charge on any atom is -0.341 e. The highest BCUT2D eigenvalue weighted by Gasteiger charge is 2.34. The Balaban J connectivity index is 2.50. The smallest absolute Gasteiger partial charge is 0.239 e. The predicted octanol–water partition coefficient (Wildman–Crippen LogP) is 1.18. The number of hydrogen-bond acceptors (Lipinski definition) is 4. The lowest BCUT2D eigenvalue weighted by Gasteiger charge is -2.41. The van der Waals surface area contributed by atoms with Crippen LogP contribution in [-0.4, -0.2) is 50.4 Å². The standard InChI is InChI=1S/C14H28N2O3S/c1-4-14(5-2)7-9-16(10-8-14)13(17)12(15)6-11-20(3,18)19/h12H,4-11,15H2,1-3H3. The molecule has 1 saturated heterocycles. The number of sulfone groups is 1. The lowest BCUT2D eigenvalue weighted by molar-refractivity contribution is -0.135. The normalized spacial score (nSPS) is 20.7. The summed E-state index contributed by atoms with van der Waals surface area (Å²) < 4.78 is 22.2. The van der Waals surface area contributed by atoms with Gasteiger partial charge in [0.05, 0.1) is 11.8 Å². The Hall–Kier alpha value is -0.620. The molecule has 1 aliphatic heterocycles. The monoisotopic (exact) mass is 304 g/mol. The molecule has 0 aliphatic carbocycles. The molecule has 0 radical (unpaired) electrons. The zero-order valence-corrected chi connectivity index (χ0v) is 13.7. The largest absolute Gasteiger partial charge is 0.341 e. The van der Waals surface area contributed by atoms with E-state index in [1.807, 2.05) is 0 Å². The second-order valence-corrected chi connectivity index (χ2v) is 8.32. The highest BCUT2D eigenvalue weighted by Crippen LogP contribution is 2.37. The van der Waals surface area contributed by atoms with Crippen molar-refractivity contribution in [1.82, 2.24) is 4.90 Å². The molecular formula is C14H28N2O3S. The van der Waals surface area contributed by atoms with E-state index in [1.54, 1.807) is 4.90 Å². The van der Waals surface area contributed by atoms with Crippen molar-refractivity contribution < 1.29 is 13.2 Å². The van der Waals surface area contributed by atoms with Crippen LogP contribution in [0.1, 0.15) is 46.0 Å². The predicted molar refractivity (Wildman–Crippen MR) is 81.1 cm³/mol. The summed E-state index contributed by atoms with van der Waals surface area (Å²) in [5, 5.41) is 0. The topological polar surface area (TPSA) is 80.5 Å². The first-order valence-electron chi connectivity index (χ1n) is 7.45. The molecule has 0 aromatic carbocycles. The number of amides is 1. The van der Waals surface area contributed by atoms with Gasteiger partial charge in [0.1, 0.15) is 9.84 Å². The number of piperidine rings is 1. The van der Waals surface area contributed by atoms with Crippen LogP contribution in [0.15, 0.2) is 0 Å². The number of likely N-dealkylation sites (tertiary alicyclic amines) is 1. The molecule has 2 N–H and O–H groups in total. The van der Waals surface area contributed by atoms with Crippen LogP contribution in [0.5, 0.6) is 0 Å². The van der Waals surface area contributed by atoms with Crippen LogP contribution in [0.3, 0.4) is 0 Å². The summed E-state index contributed by atoms with van der Waals surface area (Å²) in [6, 6.07) is -0.694. The van der Waals surface area contributed by atoms with Crippen molar-refractivity contribution in [2.45, 2.75) is 52.0 Å². The molecule has 1 unspecified atom stereocenters. The van der Waals surface area contributed by atoms with Crippen molar-refractivity contribution in [3.05, 3.63) is 0 Å². The minimum absolute atomic E-state index is 0.0262. The van der Waals surface area contributed by atoms with Gasteiger partial charge in [-0.05, 0) is 24.7 Å². The molecule has 0 aromatic rings. The van der Waals surface area contributed by atoms with Crippen molar-refractivity contribution in [3.8, 4) is 0 Å². The average Bonchev–Trinajstić information content (AvgIpc) is 2.43. The first-order valence-corrected chi connectivity index (χ1v) is 9.51. The molecule has 6 heteroatoms. The summed E-state index contributed by atoms with van der Waals surface area (Å²) in [7, 11) is -3.06. The van der Waals surface area contributed by atoms with Gasteiger partial charge in [-0.25, -0.2) is 8.42 Å². The summed E-state index contributed by atoms with van der Waals surface area (Å²) in [6.07, 6.45) is 5.70. The van der Waals surface area contributed by atoms with E-state index in [9.17, 15) is 13.2 Å². The summed E-state index contributed by atoms with van der Waals surface area (Å²) >= 11 is 0. The highest BCUT2D eigenvalue weighted by atomic mass is 32.2. The third kappa shape index (κ3) is 4.74. The Kier molecular flexibility index (Phi) is 6.01. The van der Waals surface area contributed by atoms with Gasteiger partial charge >= 0.3 is 0 Å². The summed E-state index contributed by atoms with van der Waals surface area (Å²) in [5.41, 5.74) is 6.20. The Morgan fingerprint density at radius 2 is 1.75 bits per heavy atom. The lowest BCUT2D eigenvalue weighted by Crippen LogP contribution is -2.49. The summed E-state index contributed by atoms with van der Waals surface area (Å²) in [6.45, 7) is 5.90. The van der Waals surface area contributed by atoms with E-state index in [0.29, 0.717) is 5.41 Å². The number of carbonyl (C=O) groups excluding carboxylic acids is 1. The van der Waals surface area contributed by atoms with Gasteiger partial charge in [0.25, 0.3) is 0 Å². The molecule has 1 amide bonds. The van der Waals surface area contributed by atoms with E-state index < -0.39 is 15.9 Å². The number of nitrogens with zero attached hydrogens (tertiary/aromatic N) is 1. The van der Waals surface area contributed by atoms with Gasteiger partial charge in [-0.3, -0.25) is 4.79 Å². The summed E-state index contributed by atoms with van der Waals surface area (Å²) in [4.78, 5) is 14.0. The SMILES string of the molecule is CCC1(CC)CCN(C(=O)C(N)CCS(C)(=O)=O)CC1. The van der Waals surface area contributed by atoms with E-state index in [0.717, 1.165) is 38.8 Å². The third-order valence-electron chi connectivity index (χ3n) is 4.75. The third-order valence-corrected chi connectivity index (χ3v) is 5.73. The molecule has 0 saturated carbocycles. The minimum atomic E-state index is -3.06. The van der Waals surface area contributed by atoms with E-state index >= 15 is 0 Å². The molecule has 1 rings (SSSR count). The van der Waals surface area contributed by atoms with Crippen molar-refractivity contribution in [3.63, 3.8) is 0 Å². The van der Waals surface area contributed by atoms with Gasteiger partial charge in [-0.1, -0.05) is 26.7 Å². The molecule has 1 fully saturated rings. The van der Waals surface area contributed by atoms with Crippen LogP contribution >= 0.6 is 0 Å². The molecule has 1 atom stereocenters. The Labute approximate surface area is 122 Å². The Morgan fingerprint density at radius 1 is 1.25 bits per heavy atom.